The largest absolute Gasteiger partial charge is 0.342 e. The van der Waals surface area contributed by atoms with Crippen molar-refractivity contribution < 1.29 is 9.59 Å². The summed E-state index contributed by atoms with van der Waals surface area (Å²) in [6, 6.07) is 13.0. The van der Waals surface area contributed by atoms with Crippen molar-refractivity contribution in [2.24, 2.45) is 0 Å². The lowest BCUT2D eigenvalue weighted by Gasteiger charge is -2.15. The monoisotopic (exact) mass is 365 g/mol. The summed E-state index contributed by atoms with van der Waals surface area (Å²) < 4.78 is 0.994. The second-order valence-corrected chi connectivity index (χ2v) is 7.34. The molecule has 0 atom stereocenters. The number of nitrogens with zero attached hydrogens (tertiary/aromatic N) is 2. The number of aromatic nitrogens is 1. The van der Waals surface area contributed by atoms with Gasteiger partial charge in [-0.25, -0.2) is 4.98 Å². The van der Waals surface area contributed by atoms with Gasteiger partial charge in [0.2, 0.25) is 5.91 Å². The van der Waals surface area contributed by atoms with E-state index in [-0.39, 0.29) is 11.8 Å². The van der Waals surface area contributed by atoms with Gasteiger partial charge in [-0.3, -0.25) is 9.59 Å². The van der Waals surface area contributed by atoms with Gasteiger partial charge in [-0.2, -0.15) is 0 Å². The summed E-state index contributed by atoms with van der Waals surface area (Å²) in [7, 11) is 0. The van der Waals surface area contributed by atoms with Gasteiger partial charge in [-0.05, 0) is 48.7 Å². The van der Waals surface area contributed by atoms with Gasteiger partial charge in [0, 0.05) is 24.3 Å². The van der Waals surface area contributed by atoms with E-state index in [0.29, 0.717) is 12.0 Å². The van der Waals surface area contributed by atoms with Gasteiger partial charge >= 0.3 is 0 Å². The summed E-state index contributed by atoms with van der Waals surface area (Å²) in [6.45, 7) is 1.74. The van der Waals surface area contributed by atoms with Crippen LogP contribution in [0.15, 0.2) is 48.0 Å². The highest BCUT2D eigenvalue weighted by molar-refractivity contribution is 7.16. The van der Waals surface area contributed by atoms with Crippen LogP contribution >= 0.6 is 11.3 Å². The number of carbonyl (C=O) groups excluding carboxylic acids is 2. The molecule has 4 rings (SSSR count). The molecular formula is C20H19N3O2S. The fourth-order valence-corrected chi connectivity index (χ4v) is 3.87. The molecular weight excluding hydrogens is 346 g/mol. The zero-order chi connectivity index (χ0) is 17.9. The van der Waals surface area contributed by atoms with Crippen molar-refractivity contribution in [2.45, 2.75) is 19.3 Å². The lowest BCUT2D eigenvalue weighted by molar-refractivity contribution is -0.129. The minimum absolute atomic E-state index is 0.152. The molecule has 26 heavy (non-hydrogen) atoms. The molecule has 0 aliphatic carbocycles. The van der Waals surface area contributed by atoms with E-state index >= 15 is 0 Å². The Bertz CT molecular complexity index is 943. The zero-order valence-corrected chi connectivity index (χ0v) is 15.1. The lowest BCUT2D eigenvalue weighted by atomic mass is 10.1. The third-order valence-electron chi connectivity index (χ3n) is 4.62. The quantitative estimate of drug-likeness (QED) is 0.767. The van der Waals surface area contributed by atoms with E-state index in [1.165, 1.54) is 11.3 Å². The molecule has 5 nitrogen and oxygen atoms in total. The van der Waals surface area contributed by atoms with E-state index in [4.69, 9.17) is 0 Å². The van der Waals surface area contributed by atoms with Crippen LogP contribution in [0.5, 0.6) is 0 Å². The average molecular weight is 365 g/mol. The summed E-state index contributed by atoms with van der Waals surface area (Å²) in [5.41, 5.74) is 4.96. The van der Waals surface area contributed by atoms with Crippen molar-refractivity contribution in [3.63, 3.8) is 0 Å². The highest BCUT2D eigenvalue weighted by Gasteiger charge is 2.17. The number of likely N-dealkylation sites (tertiary alicyclic amines) is 1. The summed E-state index contributed by atoms with van der Waals surface area (Å²) in [6.07, 6.45) is 2.62. The predicted octanol–water partition coefficient (Wildman–Crippen LogP) is 3.71. The summed E-state index contributed by atoms with van der Waals surface area (Å²) in [5.74, 6) is 0.0262. The first-order chi connectivity index (χ1) is 12.7. The molecule has 2 aromatic carbocycles. The van der Waals surface area contributed by atoms with Crippen molar-refractivity contribution in [3.05, 3.63) is 59.1 Å². The number of benzene rings is 2. The minimum Gasteiger partial charge on any atom is -0.342 e. The Hall–Kier alpha value is -2.73. The maximum absolute atomic E-state index is 12.4. The fraction of sp³-hybridized carbons (Fsp3) is 0.250. The van der Waals surface area contributed by atoms with Crippen LogP contribution in [0.2, 0.25) is 0 Å². The molecule has 1 aromatic heterocycles. The molecule has 0 radical (unpaired) electrons. The van der Waals surface area contributed by atoms with Crippen LogP contribution in [-0.2, 0) is 11.2 Å². The number of hydrogen-bond acceptors (Lipinski definition) is 4. The molecule has 0 unspecified atom stereocenters. The van der Waals surface area contributed by atoms with Gasteiger partial charge in [-0.1, -0.05) is 12.1 Å². The normalized spacial score (nSPS) is 13.9. The van der Waals surface area contributed by atoms with E-state index in [9.17, 15) is 9.59 Å². The molecule has 3 aromatic rings. The van der Waals surface area contributed by atoms with Crippen LogP contribution in [0.3, 0.4) is 0 Å². The highest BCUT2D eigenvalue weighted by Crippen LogP contribution is 2.20. The van der Waals surface area contributed by atoms with Gasteiger partial charge in [0.25, 0.3) is 5.91 Å². The van der Waals surface area contributed by atoms with Crippen LogP contribution < -0.4 is 5.32 Å². The Morgan fingerprint density at radius 1 is 1.08 bits per heavy atom. The fourth-order valence-electron chi connectivity index (χ4n) is 3.16. The molecule has 1 aliphatic heterocycles. The zero-order valence-electron chi connectivity index (χ0n) is 14.3. The Balaban J connectivity index is 1.40. The van der Waals surface area contributed by atoms with E-state index in [1.807, 2.05) is 41.3 Å². The molecule has 1 aliphatic rings. The number of fused-ring (bicyclic) bond motifs is 1. The van der Waals surface area contributed by atoms with Gasteiger partial charge in [-0.15, -0.1) is 11.3 Å². The van der Waals surface area contributed by atoms with Gasteiger partial charge in [0.15, 0.2) is 0 Å². The minimum atomic E-state index is -0.152. The molecule has 1 saturated heterocycles. The van der Waals surface area contributed by atoms with Crippen molar-refractivity contribution in [1.82, 2.24) is 9.88 Å². The van der Waals surface area contributed by atoms with Crippen LogP contribution in [0.4, 0.5) is 5.69 Å². The molecule has 2 amide bonds. The lowest BCUT2D eigenvalue weighted by Crippen LogP contribution is -2.29. The Kier molecular flexibility index (Phi) is 4.67. The smallest absolute Gasteiger partial charge is 0.255 e. The third-order valence-corrected chi connectivity index (χ3v) is 5.41. The van der Waals surface area contributed by atoms with E-state index < -0.39 is 0 Å². The summed E-state index contributed by atoms with van der Waals surface area (Å²) >= 11 is 1.52. The molecule has 0 saturated carbocycles. The third kappa shape index (κ3) is 3.60. The first kappa shape index (κ1) is 16.7. The summed E-state index contributed by atoms with van der Waals surface area (Å²) in [5, 5.41) is 2.90. The van der Waals surface area contributed by atoms with Crippen molar-refractivity contribution in [1.29, 1.82) is 0 Å². The average Bonchev–Trinajstić information content (AvgIpc) is 3.34. The number of hydrogen-bond donors (Lipinski definition) is 1. The summed E-state index contributed by atoms with van der Waals surface area (Å²) in [4.78, 5) is 30.8. The van der Waals surface area contributed by atoms with Gasteiger partial charge in [0.05, 0.1) is 22.1 Å². The van der Waals surface area contributed by atoms with Crippen LogP contribution in [0.1, 0.15) is 28.8 Å². The van der Waals surface area contributed by atoms with Crippen LogP contribution in [0, 0.1) is 0 Å². The van der Waals surface area contributed by atoms with Crippen molar-refractivity contribution in [3.8, 4) is 0 Å². The predicted molar refractivity (Wildman–Crippen MR) is 104 cm³/mol. The van der Waals surface area contributed by atoms with E-state index in [1.54, 1.807) is 11.6 Å². The Morgan fingerprint density at radius 2 is 1.85 bits per heavy atom. The van der Waals surface area contributed by atoms with Crippen molar-refractivity contribution in [2.75, 3.05) is 18.4 Å². The molecule has 0 spiro atoms. The maximum Gasteiger partial charge on any atom is 0.255 e. The number of anilines is 1. The topological polar surface area (TPSA) is 62.3 Å². The maximum atomic E-state index is 12.4. The molecule has 1 fully saturated rings. The van der Waals surface area contributed by atoms with Gasteiger partial charge < -0.3 is 10.2 Å². The first-order valence-corrected chi connectivity index (χ1v) is 9.58. The molecule has 6 heteroatoms. The SMILES string of the molecule is O=C(Nc1ccc(CC(=O)N2CCCC2)cc1)c1ccc2ncsc2c1. The Morgan fingerprint density at radius 3 is 2.62 bits per heavy atom. The first-order valence-electron chi connectivity index (χ1n) is 8.70. The number of carbonyl (C=O) groups is 2. The van der Waals surface area contributed by atoms with Crippen LogP contribution in [0.25, 0.3) is 10.2 Å². The number of amides is 2. The Labute approximate surface area is 155 Å². The molecule has 2 heterocycles. The standard InChI is InChI=1S/C20H19N3O2S/c24-19(23-9-1-2-10-23)11-14-3-6-16(7-4-14)22-20(25)15-5-8-17-18(12-15)26-13-21-17/h3-8,12-13H,1-2,9-11H2,(H,22,25). The highest BCUT2D eigenvalue weighted by atomic mass is 32.1. The number of rotatable bonds is 4. The van der Waals surface area contributed by atoms with E-state index in [2.05, 4.69) is 10.3 Å². The molecule has 132 valence electrons. The molecule has 1 N–H and O–H groups in total. The molecule has 0 bridgehead atoms. The van der Waals surface area contributed by atoms with E-state index in [0.717, 1.165) is 47.4 Å². The number of nitrogens with one attached hydrogen (secondary N) is 1. The van der Waals surface area contributed by atoms with Crippen LogP contribution in [-0.4, -0.2) is 34.8 Å². The van der Waals surface area contributed by atoms with Crippen molar-refractivity contribution >= 4 is 39.1 Å². The van der Waals surface area contributed by atoms with Gasteiger partial charge in [0.1, 0.15) is 0 Å². The second-order valence-electron chi connectivity index (χ2n) is 6.45. The second kappa shape index (κ2) is 7.25. The number of thiazole rings is 1.